The maximum Gasteiger partial charge on any atom is 0.251 e. The standard InChI is InChI=1S/C22H26N4O/c1-25(2)14-20-15-26(13-17-7-4-3-5-8-17)16-21(20)24-22(27)19-10-6-9-18(11-19)12-23/h3-11,20-21H,13-16H2,1-2H3,(H,24,27)/t20-,21-/m1/s1. The summed E-state index contributed by atoms with van der Waals surface area (Å²) in [6, 6.07) is 19.5. The van der Waals surface area contributed by atoms with Crippen LogP contribution in [0.15, 0.2) is 54.6 Å². The average Bonchev–Trinajstić information content (AvgIpc) is 3.02. The molecule has 2 atom stereocenters. The molecule has 5 heteroatoms. The molecular formula is C22H26N4O. The number of carbonyl (C=O) groups excluding carboxylic acids is 1. The van der Waals surface area contributed by atoms with Gasteiger partial charge in [0, 0.05) is 43.7 Å². The molecule has 0 aliphatic carbocycles. The molecule has 3 rings (SSSR count). The third-order valence-corrected chi connectivity index (χ3v) is 4.94. The lowest BCUT2D eigenvalue weighted by Crippen LogP contribution is -2.43. The molecule has 1 aliphatic rings. The van der Waals surface area contributed by atoms with Crippen molar-refractivity contribution in [1.29, 1.82) is 5.26 Å². The predicted octanol–water partition coefficient (Wildman–Crippen LogP) is 2.35. The number of carbonyl (C=O) groups is 1. The number of rotatable bonds is 6. The molecule has 0 aromatic heterocycles. The summed E-state index contributed by atoms with van der Waals surface area (Å²) in [6.07, 6.45) is 0. The van der Waals surface area contributed by atoms with E-state index in [1.807, 2.05) is 6.07 Å². The molecule has 27 heavy (non-hydrogen) atoms. The summed E-state index contributed by atoms with van der Waals surface area (Å²) in [7, 11) is 4.13. The molecule has 140 valence electrons. The second kappa shape index (κ2) is 8.81. The minimum absolute atomic E-state index is 0.0920. The van der Waals surface area contributed by atoms with Crippen LogP contribution in [-0.2, 0) is 6.54 Å². The van der Waals surface area contributed by atoms with Crippen molar-refractivity contribution in [2.75, 3.05) is 33.7 Å². The van der Waals surface area contributed by atoms with Crippen LogP contribution >= 0.6 is 0 Å². The number of likely N-dealkylation sites (tertiary alicyclic amines) is 1. The summed E-state index contributed by atoms with van der Waals surface area (Å²) in [5.74, 6) is 0.259. The zero-order valence-electron chi connectivity index (χ0n) is 15.9. The van der Waals surface area contributed by atoms with E-state index in [1.165, 1.54) is 5.56 Å². The summed E-state index contributed by atoms with van der Waals surface area (Å²) in [4.78, 5) is 17.3. The van der Waals surface area contributed by atoms with Gasteiger partial charge in [0.1, 0.15) is 0 Å². The number of amides is 1. The third kappa shape index (κ3) is 5.16. The van der Waals surface area contributed by atoms with E-state index in [2.05, 4.69) is 59.5 Å². The van der Waals surface area contributed by atoms with Crippen LogP contribution in [0.5, 0.6) is 0 Å². The molecule has 0 bridgehead atoms. The third-order valence-electron chi connectivity index (χ3n) is 4.94. The van der Waals surface area contributed by atoms with Crippen LogP contribution in [0.4, 0.5) is 0 Å². The van der Waals surface area contributed by atoms with E-state index >= 15 is 0 Å². The highest BCUT2D eigenvalue weighted by Crippen LogP contribution is 2.21. The van der Waals surface area contributed by atoms with Crippen molar-refractivity contribution in [3.05, 3.63) is 71.3 Å². The van der Waals surface area contributed by atoms with Gasteiger partial charge in [0.25, 0.3) is 5.91 Å². The lowest BCUT2D eigenvalue weighted by Gasteiger charge is -2.23. The summed E-state index contributed by atoms with van der Waals surface area (Å²) >= 11 is 0. The first kappa shape index (κ1) is 19.1. The minimum atomic E-state index is -0.109. The number of hydrogen-bond donors (Lipinski definition) is 1. The quantitative estimate of drug-likeness (QED) is 0.857. The fraction of sp³-hybridized carbons (Fsp3) is 0.364. The Kier molecular flexibility index (Phi) is 6.23. The van der Waals surface area contributed by atoms with Crippen molar-refractivity contribution in [2.24, 2.45) is 5.92 Å². The number of benzene rings is 2. The van der Waals surface area contributed by atoms with Gasteiger partial charge in [-0.15, -0.1) is 0 Å². The molecule has 2 aromatic rings. The zero-order valence-corrected chi connectivity index (χ0v) is 15.9. The smallest absolute Gasteiger partial charge is 0.251 e. The van der Waals surface area contributed by atoms with Crippen LogP contribution in [0, 0.1) is 17.2 Å². The highest BCUT2D eigenvalue weighted by atomic mass is 16.1. The fourth-order valence-corrected chi connectivity index (χ4v) is 3.73. The van der Waals surface area contributed by atoms with Crippen LogP contribution in [-0.4, -0.2) is 55.5 Å². The van der Waals surface area contributed by atoms with Gasteiger partial charge in [0.15, 0.2) is 0 Å². The molecule has 5 nitrogen and oxygen atoms in total. The molecule has 0 saturated carbocycles. The summed E-state index contributed by atoms with van der Waals surface area (Å²) in [5, 5.41) is 12.3. The van der Waals surface area contributed by atoms with E-state index in [1.54, 1.807) is 24.3 Å². The van der Waals surface area contributed by atoms with Gasteiger partial charge in [-0.05, 0) is 37.9 Å². The van der Waals surface area contributed by atoms with Gasteiger partial charge in [0.05, 0.1) is 11.6 Å². The van der Waals surface area contributed by atoms with Gasteiger partial charge in [-0.25, -0.2) is 0 Å². The molecule has 0 spiro atoms. The van der Waals surface area contributed by atoms with E-state index < -0.39 is 0 Å². The van der Waals surface area contributed by atoms with Gasteiger partial charge in [-0.1, -0.05) is 36.4 Å². The monoisotopic (exact) mass is 362 g/mol. The first-order valence-corrected chi connectivity index (χ1v) is 9.27. The number of nitrogens with one attached hydrogen (secondary N) is 1. The van der Waals surface area contributed by atoms with Crippen LogP contribution in [0.25, 0.3) is 0 Å². The van der Waals surface area contributed by atoms with Crippen molar-refractivity contribution < 1.29 is 4.79 Å². The van der Waals surface area contributed by atoms with Gasteiger partial charge >= 0.3 is 0 Å². The van der Waals surface area contributed by atoms with Crippen LogP contribution in [0.2, 0.25) is 0 Å². The van der Waals surface area contributed by atoms with Crippen molar-refractivity contribution in [2.45, 2.75) is 12.6 Å². The lowest BCUT2D eigenvalue weighted by atomic mass is 10.0. The Balaban J connectivity index is 1.69. The van der Waals surface area contributed by atoms with Gasteiger partial charge in [-0.2, -0.15) is 5.26 Å². The number of nitrogens with zero attached hydrogens (tertiary/aromatic N) is 3. The van der Waals surface area contributed by atoms with Gasteiger partial charge in [0.2, 0.25) is 0 Å². The molecule has 1 fully saturated rings. The first-order valence-electron chi connectivity index (χ1n) is 9.27. The van der Waals surface area contributed by atoms with Crippen molar-refractivity contribution in [1.82, 2.24) is 15.1 Å². The van der Waals surface area contributed by atoms with E-state index in [0.29, 0.717) is 17.0 Å². The average molecular weight is 362 g/mol. The number of nitriles is 1. The Hall–Kier alpha value is -2.68. The Labute approximate surface area is 161 Å². The topological polar surface area (TPSA) is 59.4 Å². The number of hydrogen-bond acceptors (Lipinski definition) is 4. The highest BCUT2D eigenvalue weighted by Gasteiger charge is 2.34. The van der Waals surface area contributed by atoms with Crippen molar-refractivity contribution >= 4 is 5.91 Å². The largest absolute Gasteiger partial charge is 0.348 e. The molecule has 1 aliphatic heterocycles. The SMILES string of the molecule is CN(C)C[C@@H]1CN(Cc2ccccc2)C[C@H]1NC(=O)c1cccc(C#N)c1. The van der Waals surface area contributed by atoms with Crippen LogP contribution in [0.1, 0.15) is 21.5 Å². The minimum Gasteiger partial charge on any atom is -0.348 e. The van der Waals surface area contributed by atoms with E-state index in [9.17, 15) is 4.79 Å². The second-order valence-electron chi connectivity index (χ2n) is 7.47. The molecular weight excluding hydrogens is 336 g/mol. The molecule has 1 amide bonds. The predicted molar refractivity (Wildman–Crippen MR) is 106 cm³/mol. The Morgan fingerprint density at radius 3 is 2.67 bits per heavy atom. The van der Waals surface area contributed by atoms with Crippen LogP contribution < -0.4 is 5.32 Å². The lowest BCUT2D eigenvalue weighted by molar-refractivity contribution is 0.0926. The van der Waals surface area contributed by atoms with Gasteiger partial charge < -0.3 is 10.2 Å². The zero-order chi connectivity index (χ0) is 19.2. The van der Waals surface area contributed by atoms with E-state index in [4.69, 9.17) is 5.26 Å². The maximum absolute atomic E-state index is 12.7. The maximum atomic E-state index is 12.7. The molecule has 2 aromatic carbocycles. The van der Waals surface area contributed by atoms with Crippen LogP contribution in [0.3, 0.4) is 0 Å². The van der Waals surface area contributed by atoms with E-state index in [0.717, 1.165) is 26.2 Å². The molecule has 1 heterocycles. The first-order chi connectivity index (χ1) is 13.0. The molecule has 0 radical (unpaired) electrons. The summed E-state index contributed by atoms with van der Waals surface area (Å²) in [6.45, 7) is 3.60. The summed E-state index contributed by atoms with van der Waals surface area (Å²) in [5.41, 5.74) is 2.33. The van der Waals surface area contributed by atoms with E-state index in [-0.39, 0.29) is 11.9 Å². The Morgan fingerprint density at radius 2 is 1.96 bits per heavy atom. The van der Waals surface area contributed by atoms with Gasteiger partial charge in [-0.3, -0.25) is 9.69 Å². The normalized spacial score (nSPS) is 19.8. The van der Waals surface area contributed by atoms with Crippen molar-refractivity contribution in [3.8, 4) is 6.07 Å². The highest BCUT2D eigenvalue weighted by molar-refractivity contribution is 5.94. The Bertz CT molecular complexity index is 813. The fourth-order valence-electron chi connectivity index (χ4n) is 3.73. The Morgan fingerprint density at radius 1 is 1.19 bits per heavy atom. The second-order valence-corrected chi connectivity index (χ2v) is 7.47. The summed E-state index contributed by atoms with van der Waals surface area (Å²) < 4.78 is 0. The molecule has 1 saturated heterocycles. The molecule has 0 unspecified atom stereocenters. The van der Waals surface area contributed by atoms with Crippen molar-refractivity contribution in [3.63, 3.8) is 0 Å². The molecule has 1 N–H and O–H groups in total.